The molecule has 0 heterocycles. The highest BCUT2D eigenvalue weighted by atomic mass is 19.4. The molecule has 133 valence electrons. The summed E-state index contributed by atoms with van der Waals surface area (Å²) >= 11 is 0. The Kier molecular flexibility index (Phi) is 6.52. The van der Waals surface area contributed by atoms with Gasteiger partial charge in [0.25, 0.3) is 0 Å². The molecule has 0 bridgehead atoms. The molecule has 1 fully saturated rings. The summed E-state index contributed by atoms with van der Waals surface area (Å²) in [5.41, 5.74) is -0.341. The van der Waals surface area contributed by atoms with E-state index in [9.17, 15) is 18.0 Å². The molecule has 1 radical (unpaired) electrons. The standard InChI is InChI=1S/C18H22F3O3/c1-2-10-23-17(22)12-24-14-8-9-16(18(19,20)21)15(11-14)13-6-4-3-5-7-13/h8-9,11,13H,1-7,10,12H2. The van der Waals surface area contributed by atoms with Gasteiger partial charge in [0.1, 0.15) is 5.75 Å². The van der Waals surface area contributed by atoms with E-state index in [-0.39, 0.29) is 30.4 Å². The number of benzene rings is 1. The second-order valence-electron chi connectivity index (χ2n) is 5.94. The molecule has 1 aromatic carbocycles. The number of rotatable bonds is 6. The average Bonchev–Trinajstić information content (AvgIpc) is 2.57. The van der Waals surface area contributed by atoms with E-state index in [1.54, 1.807) is 0 Å². The van der Waals surface area contributed by atoms with Gasteiger partial charge in [-0.15, -0.1) is 0 Å². The summed E-state index contributed by atoms with van der Waals surface area (Å²) < 4.78 is 49.9. The number of carbonyl (C=O) groups is 1. The van der Waals surface area contributed by atoms with Crippen LogP contribution in [0.25, 0.3) is 0 Å². The Hall–Kier alpha value is -1.72. The van der Waals surface area contributed by atoms with Crippen LogP contribution in [0.5, 0.6) is 5.75 Å². The number of alkyl halides is 3. The quantitative estimate of drug-likeness (QED) is 0.689. The van der Waals surface area contributed by atoms with Crippen LogP contribution in [0, 0.1) is 6.92 Å². The second kappa shape index (κ2) is 8.40. The number of halogens is 3. The molecular weight excluding hydrogens is 321 g/mol. The molecule has 0 aliphatic heterocycles. The van der Waals surface area contributed by atoms with Crippen molar-refractivity contribution in [1.29, 1.82) is 0 Å². The molecule has 1 aliphatic rings. The maximum atomic E-state index is 13.3. The molecule has 0 N–H and O–H groups in total. The van der Waals surface area contributed by atoms with Gasteiger partial charge in [0, 0.05) is 0 Å². The molecule has 1 aromatic rings. The maximum Gasteiger partial charge on any atom is 0.416 e. The van der Waals surface area contributed by atoms with Crippen LogP contribution >= 0.6 is 0 Å². The van der Waals surface area contributed by atoms with Crippen LogP contribution in [0.4, 0.5) is 13.2 Å². The summed E-state index contributed by atoms with van der Waals surface area (Å²) in [4.78, 5) is 11.4. The van der Waals surface area contributed by atoms with Crippen LogP contribution in [0.3, 0.4) is 0 Å². The van der Waals surface area contributed by atoms with Gasteiger partial charge in [0.05, 0.1) is 12.2 Å². The van der Waals surface area contributed by atoms with Gasteiger partial charge in [-0.25, -0.2) is 4.79 Å². The lowest BCUT2D eigenvalue weighted by Crippen LogP contribution is -2.17. The Labute approximate surface area is 140 Å². The normalized spacial score (nSPS) is 16.0. The van der Waals surface area contributed by atoms with Crippen LogP contribution < -0.4 is 4.74 Å². The van der Waals surface area contributed by atoms with E-state index in [0.717, 1.165) is 38.2 Å². The van der Waals surface area contributed by atoms with Crippen molar-refractivity contribution in [1.82, 2.24) is 0 Å². The number of hydrogen-bond acceptors (Lipinski definition) is 3. The Bertz CT molecular complexity index is 549. The molecular formula is C18H22F3O3. The van der Waals surface area contributed by atoms with Gasteiger partial charge >= 0.3 is 12.1 Å². The van der Waals surface area contributed by atoms with Crippen LogP contribution in [0.15, 0.2) is 18.2 Å². The highest BCUT2D eigenvalue weighted by Crippen LogP contribution is 2.42. The Morgan fingerprint density at radius 3 is 2.54 bits per heavy atom. The molecule has 1 saturated carbocycles. The van der Waals surface area contributed by atoms with Crippen molar-refractivity contribution in [3.63, 3.8) is 0 Å². The van der Waals surface area contributed by atoms with Crippen molar-refractivity contribution < 1.29 is 27.4 Å². The fraction of sp³-hybridized carbons (Fsp3) is 0.556. The third kappa shape index (κ3) is 5.14. The predicted molar refractivity (Wildman–Crippen MR) is 83.7 cm³/mol. The Morgan fingerprint density at radius 1 is 1.21 bits per heavy atom. The van der Waals surface area contributed by atoms with Crippen molar-refractivity contribution in [2.75, 3.05) is 13.2 Å². The molecule has 3 nitrogen and oxygen atoms in total. The van der Waals surface area contributed by atoms with Crippen LogP contribution in [0.2, 0.25) is 0 Å². The van der Waals surface area contributed by atoms with Crippen molar-refractivity contribution in [2.45, 2.75) is 50.6 Å². The zero-order chi connectivity index (χ0) is 17.6. The predicted octanol–water partition coefficient (Wildman–Crippen LogP) is 4.90. The van der Waals surface area contributed by atoms with Crippen molar-refractivity contribution in [3.05, 3.63) is 36.2 Å². The van der Waals surface area contributed by atoms with Gasteiger partial charge in [0.2, 0.25) is 0 Å². The number of carbonyl (C=O) groups excluding carboxylic acids is 1. The van der Waals surface area contributed by atoms with Crippen molar-refractivity contribution in [3.8, 4) is 5.75 Å². The van der Waals surface area contributed by atoms with Gasteiger partial charge in [-0.2, -0.15) is 13.2 Å². The van der Waals surface area contributed by atoms with Gasteiger partial charge < -0.3 is 9.47 Å². The third-order valence-electron chi connectivity index (χ3n) is 4.14. The van der Waals surface area contributed by atoms with Gasteiger partial charge in [-0.05, 0) is 55.9 Å². The van der Waals surface area contributed by atoms with E-state index in [2.05, 4.69) is 6.92 Å². The smallest absolute Gasteiger partial charge is 0.416 e. The molecule has 0 saturated heterocycles. The first-order valence-electron chi connectivity index (χ1n) is 8.20. The minimum Gasteiger partial charge on any atom is -0.482 e. The fourth-order valence-electron chi connectivity index (χ4n) is 3.01. The molecule has 2 rings (SSSR count). The van der Waals surface area contributed by atoms with Crippen molar-refractivity contribution in [2.24, 2.45) is 0 Å². The first kappa shape index (κ1) is 18.6. The van der Waals surface area contributed by atoms with Crippen molar-refractivity contribution >= 4 is 5.97 Å². The summed E-state index contributed by atoms with van der Waals surface area (Å²) in [5.74, 6) is -0.412. The molecule has 0 aromatic heterocycles. The molecule has 0 amide bonds. The van der Waals surface area contributed by atoms with Gasteiger partial charge in [-0.3, -0.25) is 0 Å². The van der Waals surface area contributed by atoms with Gasteiger partial charge in [-0.1, -0.05) is 19.3 Å². The highest BCUT2D eigenvalue weighted by molar-refractivity contribution is 5.71. The van der Waals surface area contributed by atoms with E-state index in [4.69, 9.17) is 9.47 Å². The van der Waals surface area contributed by atoms with Crippen LogP contribution in [-0.4, -0.2) is 19.2 Å². The number of hydrogen-bond donors (Lipinski definition) is 0. The number of ether oxygens (including phenoxy) is 2. The maximum absolute atomic E-state index is 13.3. The lowest BCUT2D eigenvalue weighted by molar-refractivity contribution is -0.146. The minimum absolute atomic E-state index is 0.114. The minimum atomic E-state index is -4.39. The summed E-state index contributed by atoms with van der Waals surface area (Å²) in [6.45, 7) is 3.42. The van der Waals surface area contributed by atoms with E-state index < -0.39 is 17.7 Å². The Balaban J connectivity index is 2.14. The Morgan fingerprint density at radius 2 is 1.92 bits per heavy atom. The summed E-state index contributed by atoms with van der Waals surface area (Å²) in [6, 6.07) is 3.72. The zero-order valence-corrected chi connectivity index (χ0v) is 13.5. The SMILES string of the molecule is [CH2]CCOC(=O)COc1ccc(C(F)(F)F)c(C2CCCCC2)c1. The average molecular weight is 343 g/mol. The fourth-order valence-corrected chi connectivity index (χ4v) is 3.01. The lowest BCUT2D eigenvalue weighted by atomic mass is 9.82. The lowest BCUT2D eigenvalue weighted by Gasteiger charge is -2.25. The topological polar surface area (TPSA) is 35.5 Å². The summed E-state index contributed by atoms with van der Waals surface area (Å²) in [5, 5.41) is 0. The highest BCUT2D eigenvalue weighted by Gasteiger charge is 2.35. The third-order valence-corrected chi connectivity index (χ3v) is 4.14. The summed E-state index contributed by atoms with van der Waals surface area (Å²) in [6.07, 6.45) is 0.493. The van der Waals surface area contributed by atoms with Crippen LogP contribution in [0.1, 0.15) is 55.6 Å². The van der Waals surface area contributed by atoms with Crippen LogP contribution in [-0.2, 0) is 15.7 Å². The van der Waals surface area contributed by atoms with E-state index in [1.807, 2.05) is 0 Å². The molecule has 1 aliphatic carbocycles. The second-order valence-corrected chi connectivity index (χ2v) is 5.94. The monoisotopic (exact) mass is 343 g/mol. The van der Waals surface area contributed by atoms with E-state index >= 15 is 0 Å². The van der Waals surface area contributed by atoms with E-state index in [1.165, 1.54) is 12.1 Å². The molecule has 0 unspecified atom stereocenters. The molecule has 24 heavy (non-hydrogen) atoms. The number of esters is 1. The largest absolute Gasteiger partial charge is 0.482 e. The molecule has 0 spiro atoms. The zero-order valence-electron chi connectivity index (χ0n) is 13.5. The summed E-state index contributed by atoms with van der Waals surface area (Å²) in [7, 11) is 0. The molecule has 0 atom stereocenters. The molecule has 6 heteroatoms. The van der Waals surface area contributed by atoms with E-state index in [0.29, 0.717) is 6.42 Å². The first-order chi connectivity index (χ1) is 11.4. The first-order valence-corrected chi connectivity index (χ1v) is 8.20. The van der Waals surface area contributed by atoms with Gasteiger partial charge in [0.15, 0.2) is 6.61 Å².